The Kier molecular flexibility index (Phi) is 4.77. The molecule has 2 aromatic carbocycles. The van der Waals surface area contributed by atoms with E-state index in [1.807, 2.05) is 12.1 Å². The van der Waals surface area contributed by atoms with Gasteiger partial charge in [0.25, 0.3) is 0 Å². The van der Waals surface area contributed by atoms with Gasteiger partial charge < -0.3 is 14.2 Å². The molecule has 3 aliphatic rings. The molecule has 8 nitrogen and oxygen atoms in total. The highest BCUT2D eigenvalue weighted by molar-refractivity contribution is 6.36. The minimum absolute atomic E-state index is 0.0702. The minimum Gasteiger partial charge on any atom is -0.497 e. The fourth-order valence-corrected chi connectivity index (χ4v) is 7.42. The maximum atomic E-state index is 13.8. The van der Waals surface area contributed by atoms with Gasteiger partial charge in [0.1, 0.15) is 5.75 Å². The van der Waals surface area contributed by atoms with Crippen LogP contribution in [0.1, 0.15) is 17.0 Å². The van der Waals surface area contributed by atoms with Crippen LogP contribution in [0.15, 0.2) is 48.5 Å². The molecule has 1 aromatic heterocycles. The molecule has 0 radical (unpaired) electrons. The molecule has 35 heavy (non-hydrogen) atoms. The first-order valence-electron chi connectivity index (χ1n) is 11.0. The highest BCUT2D eigenvalue weighted by Gasteiger charge is 2.90. The van der Waals surface area contributed by atoms with E-state index < -0.39 is 39.2 Å². The van der Waals surface area contributed by atoms with E-state index in [1.54, 1.807) is 43.5 Å². The molecule has 1 saturated carbocycles. The van der Waals surface area contributed by atoms with Crippen molar-refractivity contribution in [3.63, 3.8) is 0 Å². The molecule has 0 spiro atoms. The standard InChI is InChI=1S/C25H21Cl2N3O5/c1-33-14-10-8-13(9-11-14)12-30-21(31)17-18(22(30)32)24(27)20-19(23(17,26)25(24,34-2)35-3)28-15-6-4-5-7-16(15)29-20/h4-11,17-18H,12H2,1-3H3/t17-,18+,23+,24-. The Morgan fingerprint density at radius 1 is 0.829 bits per heavy atom. The number of benzene rings is 2. The lowest BCUT2D eigenvalue weighted by molar-refractivity contribution is -0.239. The second-order valence-corrected chi connectivity index (χ2v) is 10.1. The molecule has 3 aromatic rings. The molecular weight excluding hydrogens is 493 g/mol. The first-order valence-corrected chi connectivity index (χ1v) is 11.8. The molecule has 2 heterocycles. The molecule has 2 aliphatic carbocycles. The normalized spacial score (nSPS) is 30.1. The number of ether oxygens (including phenoxy) is 3. The van der Waals surface area contributed by atoms with E-state index in [2.05, 4.69) is 0 Å². The van der Waals surface area contributed by atoms with Gasteiger partial charge in [0.05, 0.1) is 47.9 Å². The van der Waals surface area contributed by atoms with Gasteiger partial charge in [-0.25, -0.2) is 9.97 Å². The van der Waals surface area contributed by atoms with Crippen molar-refractivity contribution < 1.29 is 23.8 Å². The summed E-state index contributed by atoms with van der Waals surface area (Å²) >= 11 is 14.7. The van der Waals surface area contributed by atoms with Crippen LogP contribution in [0.25, 0.3) is 11.0 Å². The first kappa shape index (κ1) is 22.7. The summed E-state index contributed by atoms with van der Waals surface area (Å²) in [6.07, 6.45) is 0. The second kappa shape index (κ2) is 7.36. The summed E-state index contributed by atoms with van der Waals surface area (Å²) < 4.78 is 16.9. The topological polar surface area (TPSA) is 90.9 Å². The Labute approximate surface area is 211 Å². The van der Waals surface area contributed by atoms with Crippen molar-refractivity contribution in [3.8, 4) is 5.75 Å². The van der Waals surface area contributed by atoms with Gasteiger partial charge in [-0.1, -0.05) is 24.3 Å². The number of imide groups is 1. The van der Waals surface area contributed by atoms with Crippen LogP contribution >= 0.6 is 23.2 Å². The Bertz CT molecular complexity index is 1320. The molecule has 2 fully saturated rings. The number of carbonyl (C=O) groups is 2. The maximum Gasteiger partial charge on any atom is 0.235 e. The van der Waals surface area contributed by atoms with Crippen molar-refractivity contribution in [1.82, 2.24) is 14.9 Å². The molecule has 0 unspecified atom stereocenters. The van der Waals surface area contributed by atoms with Crippen LogP contribution in [0.4, 0.5) is 0 Å². The molecule has 10 heteroatoms. The number of rotatable bonds is 5. The van der Waals surface area contributed by atoms with Gasteiger partial charge in [0.2, 0.25) is 17.6 Å². The number of aromatic nitrogens is 2. The summed E-state index contributed by atoms with van der Waals surface area (Å²) in [7, 11) is 4.36. The lowest BCUT2D eigenvalue weighted by atomic mass is 9.80. The Balaban J connectivity index is 1.52. The van der Waals surface area contributed by atoms with E-state index in [4.69, 9.17) is 47.4 Å². The molecule has 6 rings (SSSR count). The molecular formula is C25H21Cl2N3O5. The second-order valence-electron chi connectivity index (χ2n) is 8.92. The summed E-state index contributed by atoms with van der Waals surface area (Å²) in [5, 5.41) is 0. The summed E-state index contributed by atoms with van der Waals surface area (Å²) in [4.78, 5) is 35.0. The number of likely N-dealkylation sites (tertiary alicyclic amines) is 1. The van der Waals surface area contributed by atoms with Gasteiger partial charge >= 0.3 is 0 Å². The van der Waals surface area contributed by atoms with E-state index in [0.717, 1.165) is 5.56 Å². The fraction of sp³-hybridized carbons (Fsp3) is 0.360. The number of para-hydroxylation sites is 2. The van der Waals surface area contributed by atoms with Crippen molar-refractivity contribution in [2.75, 3.05) is 21.3 Å². The summed E-state index contributed by atoms with van der Waals surface area (Å²) in [6.45, 7) is 0.0702. The van der Waals surface area contributed by atoms with Crippen molar-refractivity contribution in [2.24, 2.45) is 11.8 Å². The molecule has 1 aliphatic heterocycles. The van der Waals surface area contributed by atoms with Gasteiger partial charge in [0, 0.05) is 14.2 Å². The lowest BCUT2D eigenvalue weighted by Gasteiger charge is -2.41. The number of nitrogens with zero attached hydrogens (tertiary/aromatic N) is 3. The highest BCUT2D eigenvalue weighted by Crippen LogP contribution is 2.76. The van der Waals surface area contributed by atoms with E-state index in [9.17, 15) is 9.59 Å². The van der Waals surface area contributed by atoms with E-state index >= 15 is 0 Å². The van der Waals surface area contributed by atoms with Crippen LogP contribution < -0.4 is 4.74 Å². The predicted octanol–water partition coefficient (Wildman–Crippen LogP) is 3.32. The van der Waals surface area contributed by atoms with Crippen molar-refractivity contribution in [3.05, 3.63) is 65.5 Å². The van der Waals surface area contributed by atoms with Gasteiger partial charge in [-0.3, -0.25) is 14.5 Å². The number of hydrogen-bond donors (Lipinski definition) is 0. The number of methoxy groups -OCH3 is 3. The third-order valence-corrected chi connectivity index (χ3v) is 8.87. The largest absolute Gasteiger partial charge is 0.497 e. The predicted molar refractivity (Wildman–Crippen MR) is 127 cm³/mol. The Morgan fingerprint density at radius 2 is 1.31 bits per heavy atom. The zero-order chi connectivity index (χ0) is 24.8. The number of fused-ring (bicyclic) bond motifs is 9. The molecule has 1 saturated heterocycles. The highest BCUT2D eigenvalue weighted by atomic mass is 35.5. The quantitative estimate of drug-likeness (QED) is 0.293. The smallest absolute Gasteiger partial charge is 0.235 e. The summed E-state index contributed by atoms with van der Waals surface area (Å²) in [5.74, 6) is -4.06. The Morgan fingerprint density at radius 3 is 1.74 bits per heavy atom. The number of amides is 2. The van der Waals surface area contributed by atoms with E-state index in [1.165, 1.54) is 19.1 Å². The van der Waals surface area contributed by atoms with Crippen molar-refractivity contribution >= 4 is 46.0 Å². The van der Waals surface area contributed by atoms with Crippen molar-refractivity contribution in [2.45, 2.75) is 22.1 Å². The van der Waals surface area contributed by atoms with Gasteiger partial charge in [0.15, 0.2) is 9.75 Å². The van der Waals surface area contributed by atoms with E-state index in [-0.39, 0.29) is 6.54 Å². The fourth-order valence-electron chi connectivity index (χ4n) is 6.06. The van der Waals surface area contributed by atoms with Crippen LogP contribution in [-0.2, 0) is 35.4 Å². The third kappa shape index (κ3) is 2.45. The molecule has 0 N–H and O–H groups in total. The minimum atomic E-state index is -1.74. The first-order chi connectivity index (χ1) is 16.8. The van der Waals surface area contributed by atoms with Gasteiger partial charge in [-0.15, -0.1) is 23.2 Å². The SMILES string of the molecule is COc1ccc(CN2C(=O)[C@@H]3[C@H](C2=O)[C@]2(Cl)c4nc5ccccc5nc4[C@@]3(Cl)C2(OC)OC)cc1. The van der Waals surface area contributed by atoms with Crippen LogP contribution in [0.5, 0.6) is 5.75 Å². The van der Waals surface area contributed by atoms with Gasteiger partial charge in [-0.2, -0.15) is 0 Å². The molecule has 4 atom stereocenters. The monoisotopic (exact) mass is 513 g/mol. The summed E-state index contributed by atoms with van der Waals surface area (Å²) in [6, 6.07) is 14.4. The molecule has 2 bridgehead atoms. The molecule has 2 amide bonds. The molecule has 180 valence electrons. The summed E-state index contributed by atoms with van der Waals surface area (Å²) in [5.41, 5.74) is 2.53. The Hall–Kier alpha value is -2.78. The van der Waals surface area contributed by atoms with Crippen LogP contribution in [0.3, 0.4) is 0 Å². The lowest BCUT2D eigenvalue weighted by Crippen LogP contribution is -2.56. The van der Waals surface area contributed by atoms with Gasteiger partial charge in [-0.05, 0) is 29.8 Å². The number of halogens is 2. The zero-order valence-corrected chi connectivity index (χ0v) is 20.6. The number of carbonyl (C=O) groups excluding carboxylic acids is 2. The average Bonchev–Trinajstić information content (AvgIpc) is 3.31. The van der Waals surface area contributed by atoms with E-state index in [0.29, 0.717) is 28.2 Å². The zero-order valence-electron chi connectivity index (χ0n) is 19.1. The average molecular weight is 514 g/mol. The van der Waals surface area contributed by atoms with Crippen LogP contribution in [-0.4, -0.2) is 53.8 Å². The number of alkyl halides is 2. The van der Waals surface area contributed by atoms with Crippen LogP contribution in [0.2, 0.25) is 0 Å². The third-order valence-electron chi connectivity index (χ3n) is 7.55. The maximum absolute atomic E-state index is 13.8. The van der Waals surface area contributed by atoms with Crippen molar-refractivity contribution in [1.29, 1.82) is 0 Å². The number of hydrogen-bond acceptors (Lipinski definition) is 7. The van der Waals surface area contributed by atoms with Crippen LogP contribution in [0, 0.1) is 11.8 Å².